The van der Waals surface area contributed by atoms with Crippen LogP contribution in [0.1, 0.15) is 11.1 Å². The third-order valence-corrected chi connectivity index (χ3v) is 3.34. The number of benzene rings is 2. The van der Waals surface area contributed by atoms with Crippen molar-refractivity contribution in [1.29, 1.82) is 5.26 Å². The molecule has 1 unspecified atom stereocenters. The molecule has 0 radical (unpaired) electrons. The average molecular weight is 263 g/mol. The van der Waals surface area contributed by atoms with Crippen molar-refractivity contribution >= 4 is 17.3 Å². The maximum absolute atomic E-state index is 12.1. The molecular formula is C16H13N3O. The molecule has 0 spiro atoms. The van der Waals surface area contributed by atoms with E-state index in [0.29, 0.717) is 12.0 Å². The number of nitrogens with one attached hydrogen (secondary N) is 2. The maximum atomic E-state index is 12.1. The summed E-state index contributed by atoms with van der Waals surface area (Å²) in [5.74, 6) is -0.0499. The predicted octanol–water partition coefficient (Wildman–Crippen LogP) is 2.53. The molecule has 1 aliphatic heterocycles. The minimum absolute atomic E-state index is 0.0499. The van der Waals surface area contributed by atoms with Crippen molar-refractivity contribution in [3.63, 3.8) is 0 Å². The summed E-state index contributed by atoms with van der Waals surface area (Å²) in [5.41, 5.74) is 3.19. The maximum Gasteiger partial charge on any atom is 0.247 e. The van der Waals surface area contributed by atoms with Gasteiger partial charge in [-0.05, 0) is 23.8 Å². The van der Waals surface area contributed by atoms with E-state index in [2.05, 4.69) is 16.7 Å². The zero-order chi connectivity index (χ0) is 13.9. The Labute approximate surface area is 117 Å². The summed E-state index contributed by atoms with van der Waals surface area (Å²) < 4.78 is 0. The van der Waals surface area contributed by atoms with Crippen molar-refractivity contribution in [1.82, 2.24) is 0 Å². The number of rotatable bonds is 2. The molecule has 0 aliphatic carbocycles. The Morgan fingerprint density at radius 2 is 1.90 bits per heavy atom. The fraction of sp³-hybridized carbons (Fsp3) is 0.125. The smallest absolute Gasteiger partial charge is 0.247 e. The number of carbonyl (C=O) groups excluding carboxylic acids is 1. The summed E-state index contributed by atoms with van der Waals surface area (Å²) in [6, 6.07) is 16.8. The van der Waals surface area contributed by atoms with Crippen molar-refractivity contribution in [2.45, 2.75) is 12.5 Å². The van der Waals surface area contributed by atoms with Crippen LogP contribution in [0, 0.1) is 11.3 Å². The van der Waals surface area contributed by atoms with Gasteiger partial charge in [0.1, 0.15) is 6.04 Å². The van der Waals surface area contributed by atoms with E-state index in [0.717, 1.165) is 16.9 Å². The van der Waals surface area contributed by atoms with Crippen LogP contribution in [0.2, 0.25) is 0 Å². The molecule has 0 bridgehead atoms. The van der Waals surface area contributed by atoms with E-state index in [4.69, 9.17) is 5.26 Å². The molecule has 2 N–H and O–H groups in total. The Balaban J connectivity index is 1.85. The van der Waals surface area contributed by atoms with Crippen molar-refractivity contribution in [3.05, 3.63) is 59.7 Å². The number of hydrogen-bond acceptors (Lipinski definition) is 3. The number of nitrogens with zero attached hydrogens (tertiary/aromatic N) is 1. The second kappa shape index (κ2) is 5.06. The summed E-state index contributed by atoms with van der Waals surface area (Å²) in [7, 11) is 0. The van der Waals surface area contributed by atoms with Gasteiger partial charge in [0.2, 0.25) is 5.91 Å². The van der Waals surface area contributed by atoms with E-state index in [-0.39, 0.29) is 11.9 Å². The summed E-state index contributed by atoms with van der Waals surface area (Å²) in [6.07, 6.45) is 0.614. The van der Waals surface area contributed by atoms with Gasteiger partial charge in [-0.25, -0.2) is 0 Å². The Kier molecular flexibility index (Phi) is 3.10. The molecule has 1 amide bonds. The van der Waals surface area contributed by atoms with Crippen molar-refractivity contribution in [3.8, 4) is 6.07 Å². The zero-order valence-electron chi connectivity index (χ0n) is 10.8. The van der Waals surface area contributed by atoms with Crippen LogP contribution in [0.3, 0.4) is 0 Å². The third kappa shape index (κ3) is 2.34. The van der Waals surface area contributed by atoms with E-state index in [1.165, 1.54) is 0 Å². The molecule has 3 rings (SSSR count). The highest BCUT2D eigenvalue weighted by Gasteiger charge is 2.25. The van der Waals surface area contributed by atoms with Crippen LogP contribution in [-0.4, -0.2) is 11.9 Å². The second-order valence-electron chi connectivity index (χ2n) is 4.75. The Hall–Kier alpha value is -2.80. The standard InChI is InChI=1S/C16H13N3O/c17-10-12-6-7-13-14(9-12)18-15(16(20)19-13)8-11-4-2-1-3-5-11/h1-7,9,15,18H,8H2,(H,19,20). The first kappa shape index (κ1) is 12.2. The molecule has 1 heterocycles. The molecule has 0 fully saturated rings. The van der Waals surface area contributed by atoms with Crippen LogP contribution in [0.4, 0.5) is 11.4 Å². The lowest BCUT2D eigenvalue weighted by atomic mass is 10.0. The molecule has 0 saturated carbocycles. The molecular weight excluding hydrogens is 250 g/mol. The van der Waals surface area contributed by atoms with Crippen molar-refractivity contribution in [2.24, 2.45) is 0 Å². The summed E-state index contributed by atoms with van der Waals surface area (Å²) in [4.78, 5) is 12.1. The van der Waals surface area contributed by atoms with Gasteiger partial charge >= 0.3 is 0 Å². The van der Waals surface area contributed by atoms with Gasteiger partial charge in [0.25, 0.3) is 0 Å². The SMILES string of the molecule is N#Cc1ccc2c(c1)NC(Cc1ccccc1)C(=O)N2. The van der Waals surface area contributed by atoms with E-state index in [1.54, 1.807) is 18.2 Å². The van der Waals surface area contributed by atoms with Crippen LogP contribution in [-0.2, 0) is 11.2 Å². The molecule has 0 aromatic heterocycles. The quantitative estimate of drug-likeness (QED) is 0.875. The predicted molar refractivity (Wildman–Crippen MR) is 77.3 cm³/mol. The second-order valence-corrected chi connectivity index (χ2v) is 4.75. The van der Waals surface area contributed by atoms with Gasteiger partial charge in [0.05, 0.1) is 23.0 Å². The van der Waals surface area contributed by atoms with Crippen LogP contribution in [0.5, 0.6) is 0 Å². The van der Waals surface area contributed by atoms with Crippen molar-refractivity contribution in [2.75, 3.05) is 10.6 Å². The van der Waals surface area contributed by atoms with Crippen molar-refractivity contribution < 1.29 is 4.79 Å². The van der Waals surface area contributed by atoms with E-state index >= 15 is 0 Å². The highest BCUT2D eigenvalue weighted by molar-refractivity contribution is 6.03. The van der Waals surface area contributed by atoms with Gasteiger partial charge in [0, 0.05) is 6.42 Å². The highest BCUT2D eigenvalue weighted by atomic mass is 16.2. The molecule has 4 heteroatoms. The van der Waals surface area contributed by atoms with Gasteiger partial charge in [-0.1, -0.05) is 30.3 Å². The van der Waals surface area contributed by atoms with E-state index < -0.39 is 0 Å². The van der Waals surface area contributed by atoms with E-state index in [1.807, 2.05) is 30.3 Å². The van der Waals surface area contributed by atoms with Gasteiger partial charge in [-0.3, -0.25) is 4.79 Å². The lowest BCUT2D eigenvalue weighted by molar-refractivity contribution is -0.117. The summed E-state index contributed by atoms with van der Waals surface area (Å²) in [6.45, 7) is 0. The van der Waals surface area contributed by atoms with Gasteiger partial charge in [-0.15, -0.1) is 0 Å². The number of amides is 1. The number of nitriles is 1. The molecule has 4 nitrogen and oxygen atoms in total. The highest BCUT2D eigenvalue weighted by Crippen LogP contribution is 2.28. The van der Waals surface area contributed by atoms with Crippen LogP contribution in [0.15, 0.2) is 48.5 Å². The summed E-state index contributed by atoms with van der Waals surface area (Å²) >= 11 is 0. The lowest BCUT2D eigenvalue weighted by Gasteiger charge is -2.27. The monoisotopic (exact) mass is 263 g/mol. The topological polar surface area (TPSA) is 64.9 Å². The van der Waals surface area contributed by atoms with Gasteiger partial charge in [-0.2, -0.15) is 5.26 Å². The molecule has 0 saturated heterocycles. The third-order valence-electron chi connectivity index (χ3n) is 3.34. The Morgan fingerprint density at radius 1 is 1.10 bits per heavy atom. The first-order valence-electron chi connectivity index (χ1n) is 6.42. The minimum Gasteiger partial charge on any atom is -0.372 e. The average Bonchev–Trinajstić information content (AvgIpc) is 2.48. The Morgan fingerprint density at radius 3 is 2.65 bits per heavy atom. The molecule has 1 aliphatic rings. The van der Waals surface area contributed by atoms with Crippen LogP contribution >= 0.6 is 0 Å². The number of hydrogen-bond donors (Lipinski definition) is 2. The fourth-order valence-electron chi connectivity index (χ4n) is 2.31. The molecule has 20 heavy (non-hydrogen) atoms. The molecule has 98 valence electrons. The Bertz CT molecular complexity index is 689. The molecule has 2 aromatic carbocycles. The lowest BCUT2D eigenvalue weighted by Crippen LogP contribution is -2.40. The molecule has 1 atom stereocenters. The number of anilines is 2. The van der Waals surface area contributed by atoms with Gasteiger partial charge in [0.15, 0.2) is 0 Å². The summed E-state index contributed by atoms with van der Waals surface area (Å²) in [5, 5.41) is 15.0. The molecule has 2 aromatic rings. The zero-order valence-corrected chi connectivity index (χ0v) is 10.8. The first-order chi connectivity index (χ1) is 9.76. The fourth-order valence-corrected chi connectivity index (χ4v) is 2.31. The van der Waals surface area contributed by atoms with Crippen LogP contribution < -0.4 is 10.6 Å². The number of fused-ring (bicyclic) bond motifs is 1. The minimum atomic E-state index is -0.321. The largest absolute Gasteiger partial charge is 0.372 e. The normalized spacial score (nSPS) is 16.6. The van der Waals surface area contributed by atoms with Gasteiger partial charge < -0.3 is 10.6 Å². The first-order valence-corrected chi connectivity index (χ1v) is 6.42. The van der Waals surface area contributed by atoms with E-state index in [9.17, 15) is 4.79 Å². The number of carbonyl (C=O) groups is 1. The van der Waals surface area contributed by atoms with Crippen LogP contribution in [0.25, 0.3) is 0 Å².